The highest BCUT2D eigenvalue weighted by molar-refractivity contribution is 5.99. The van der Waals surface area contributed by atoms with Gasteiger partial charge in [0.2, 0.25) is 5.78 Å². The Kier molecular flexibility index (Phi) is 6.67. The Labute approximate surface area is 175 Å². The van der Waals surface area contributed by atoms with E-state index >= 15 is 0 Å². The van der Waals surface area contributed by atoms with Gasteiger partial charge in [0.15, 0.2) is 6.61 Å². The SMILES string of the molecule is CCOc1ccc(-n2c(C)cc(C(=O)COC(=O)Cc3ccc(F)cc3)c2C)cc1. The quantitative estimate of drug-likeness (QED) is 0.403. The van der Waals surface area contributed by atoms with Gasteiger partial charge in [0.25, 0.3) is 0 Å². The summed E-state index contributed by atoms with van der Waals surface area (Å²) in [6, 6.07) is 15.0. The molecule has 2 aromatic carbocycles. The van der Waals surface area contributed by atoms with Gasteiger partial charge in [-0.3, -0.25) is 9.59 Å². The highest BCUT2D eigenvalue weighted by Gasteiger charge is 2.18. The molecule has 0 saturated heterocycles. The Balaban J connectivity index is 1.67. The summed E-state index contributed by atoms with van der Waals surface area (Å²) < 4.78 is 25.5. The first-order valence-corrected chi connectivity index (χ1v) is 9.74. The molecule has 3 rings (SSSR count). The topological polar surface area (TPSA) is 57.5 Å². The number of esters is 1. The van der Waals surface area contributed by atoms with Crippen LogP contribution in [0, 0.1) is 19.7 Å². The van der Waals surface area contributed by atoms with Gasteiger partial charge in [-0.2, -0.15) is 0 Å². The molecule has 156 valence electrons. The number of aryl methyl sites for hydroxylation is 1. The van der Waals surface area contributed by atoms with Crippen LogP contribution in [0.1, 0.15) is 34.2 Å². The van der Waals surface area contributed by atoms with E-state index in [0.717, 1.165) is 22.8 Å². The Bertz CT molecular complexity index is 1040. The van der Waals surface area contributed by atoms with E-state index in [1.54, 1.807) is 6.07 Å². The van der Waals surface area contributed by atoms with E-state index in [0.29, 0.717) is 17.7 Å². The summed E-state index contributed by atoms with van der Waals surface area (Å²) >= 11 is 0. The van der Waals surface area contributed by atoms with Crippen molar-refractivity contribution in [3.05, 3.63) is 82.9 Å². The summed E-state index contributed by atoms with van der Waals surface area (Å²) in [7, 11) is 0. The molecule has 5 nitrogen and oxygen atoms in total. The monoisotopic (exact) mass is 409 g/mol. The minimum absolute atomic E-state index is 0.0151. The summed E-state index contributed by atoms with van der Waals surface area (Å²) in [5, 5.41) is 0. The summed E-state index contributed by atoms with van der Waals surface area (Å²) in [5.74, 6) is -0.388. The summed E-state index contributed by atoms with van der Waals surface area (Å²) in [6.45, 7) is 5.96. The van der Waals surface area contributed by atoms with E-state index in [4.69, 9.17) is 9.47 Å². The van der Waals surface area contributed by atoms with Crippen molar-refractivity contribution >= 4 is 11.8 Å². The Morgan fingerprint density at radius 1 is 1.00 bits per heavy atom. The molecule has 0 aliphatic rings. The molecular formula is C24H24FNO4. The first-order valence-electron chi connectivity index (χ1n) is 9.74. The first kappa shape index (κ1) is 21.3. The van der Waals surface area contributed by atoms with Crippen molar-refractivity contribution in [2.75, 3.05) is 13.2 Å². The van der Waals surface area contributed by atoms with Gasteiger partial charge < -0.3 is 14.0 Å². The van der Waals surface area contributed by atoms with Crippen LogP contribution >= 0.6 is 0 Å². The second-order valence-corrected chi connectivity index (χ2v) is 6.93. The molecule has 0 fully saturated rings. The van der Waals surface area contributed by atoms with Gasteiger partial charge in [-0.15, -0.1) is 0 Å². The van der Waals surface area contributed by atoms with Crippen LogP contribution in [0.25, 0.3) is 5.69 Å². The van der Waals surface area contributed by atoms with Crippen LogP contribution in [0.2, 0.25) is 0 Å². The molecule has 0 radical (unpaired) electrons. The van der Waals surface area contributed by atoms with Gasteiger partial charge >= 0.3 is 5.97 Å². The van der Waals surface area contributed by atoms with E-state index in [1.807, 2.05) is 49.6 Å². The predicted molar refractivity (Wildman–Crippen MR) is 112 cm³/mol. The lowest BCUT2D eigenvalue weighted by Crippen LogP contribution is -2.16. The van der Waals surface area contributed by atoms with Crippen LogP contribution in [0.3, 0.4) is 0 Å². The molecule has 3 aromatic rings. The van der Waals surface area contributed by atoms with Crippen LogP contribution in [0.5, 0.6) is 5.75 Å². The number of Topliss-reactive ketones (excluding diaryl/α,β-unsaturated/α-hetero) is 1. The summed E-state index contributed by atoms with van der Waals surface area (Å²) in [4.78, 5) is 24.7. The average Bonchev–Trinajstić information content (AvgIpc) is 3.03. The molecule has 0 bridgehead atoms. The van der Waals surface area contributed by atoms with Crippen molar-refractivity contribution in [3.8, 4) is 11.4 Å². The fraction of sp³-hybridized carbons (Fsp3) is 0.250. The highest BCUT2D eigenvalue weighted by atomic mass is 19.1. The third-order valence-electron chi connectivity index (χ3n) is 4.76. The molecule has 6 heteroatoms. The maximum atomic E-state index is 12.9. The lowest BCUT2D eigenvalue weighted by Gasteiger charge is -2.11. The van der Waals surface area contributed by atoms with Gasteiger partial charge in [-0.25, -0.2) is 4.39 Å². The van der Waals surface area contributed by atoms with Crippen molar-refractivity contribution < 1.29 is 23.5 Å². The second kappa shape index (κ2) is 9.39. The van der Waals surface area contributed by atoms with E-state index in [-0.39, 0.29) is 24.6 Å². The molecule has 0 N–H and O–H groups in total. The van der Waals surface area contributed by atoms with Crippen LogP contribution in [0.4, 0.5) is 4.39 Å². The van der Waals surface area contributed by atoms with Crippen LogP contribution in [-0.4, -0.2) is 29.5 Å². The molecular weight excluding hydrogens is 385 g/mol. The molecule has 0 amide bonds. The Morgan fingerprint density at radius 2 is 1.67 bits per heavy atom. The zero-order chi connectivity index (χ0) is 21.7. The van der Waals surface area contributed by atoms with Crippen molar-refractivity contribution in [2.24, 2.45) is 0 Å². The van der Waals surface area contributed by atoms with E-state index in [2.05, 4.69) is 0 Å². The number of rotatable bonds is 8. The molecule has 0 saturated carbocycles. The Hall–Kier alpha value is -3.41. The van der Waals surface area contributed by atoms with Crippen molar-refractivity contribution in [1.82, 2.24) is 4.57 Å². The lowest BCUT2D eigenvalue weighted by molar-refractivity contribution is -0.141. The van der Waals surface area contributed by atoms with Gasteiger partial charge in [0, 0.05) is 22.6 Å². The number of ketones is 1. The largest absolute Gasteiger partial charge is 0.494 e. The number of hydrogen-bond acceptors (Lipinski definition) is 4. The highest BCUT2D eigenvalue weighted by Crippen LogP contribution is 2.23. The molecule has 0 aliphatic heterocycles. The van der Waals surface area contributed by atoms with Gasteiger partial charge in [-0.05, 0) is 68.8 Å². The third-order valence-corrected chi connectivity index (χ3v) is 4.76. The maximum Gasteiger partial charge on any atom is 0.310 e. The number of aromatic nitrogens is 1. The molecule has 0 atom stereocenters. The predicted octanol–water partition coefficient (Wildman–Crippen LogP) is 4.60. The second-order valence-electron chi connectivity index (χ2n) is 6.93. The first-order chi connectivity index (χ1) is 14.4. The number of nitrogens with zero attached hydrogens (tertiary/aromatic N) is 1. The van der Waals surface area contributed by atoms with Gasteiger partial charge in [-0.1, -0.05) is 12.1 Å². The number of benzene rings is 2. The minimum Gasteiger partial charge on any atom is -0.494 e. The van der Waals surface area contributed by atoms with E-state index in [1.165, 1.54) is 24.3 Å². The Morgan fingerprint density at radius 3 is 2.30 bits per heavy atom. The molecule has 1 heterocycles. The number of carbonyl (C=O) groups excluding carboxylic acids is 2. The van der Waals surface area contributed by atoms with Crippen LogP contribution < -0.4 is 4.74 Å². The minimum atomic E-state index is -0.532. The van der Waals surface area contributed by atoms with Gasteiger partial charge in [0.1, 0.15) is 11.6 Å². The molecule has 30 heavy (non-hydrogen) atoms. The van der Waals surface area contributed by atoms with Crippen molar-refractivity contribution in [1.29, 1.82) is 0 Å². The van der Waals surface area contributed by atoms with E-state index < -0.39 is 5.97 Å². The average molecular weight is 409 g/mol. The molecule has 0 aliphatic carbocycles. The van der Waals surface area contributed by atoms with Crippen LogP contribution in [0.15, 0.2) is 54.6 Å². The standard InChI is InChI=1S/C24H24FNO4/c1-4-29-21-11-9-20(10-12-21)26-16(2)13-22(17(26)3)23(27)15-30-24(28)14-18-5-7-19(25)8-6-18/h5-13H,4,14-15H2,1-3H3. The number of carbonyl (C=O) groups is 2. The summed E-state index contributed by atoms with van der Waals surface area (Å²) in [5.41, 5.74) is 3.73. The smallest absolute Gasteiger partial charge is 0.310 e. The zero-order valence-electron chi connectivity index (χ0n) is 17.3. The fourth-order valence-electron chi connectivity index (χ4n) is 3.34. The molecule has 1 aromatic heterocycles. The maximum absolute atomic E-state index is 12.9. The van der Waals surface area contributed by atoms with Gasteiger partial charge in [0.05, 0.1) is 13.0 Å². The zero-order valence-corrected chi connectivity index (χ0v) is 17.3. The number of hydrogen-bond donors (Lipinski definition) is 0. The third kappa shape index (κ3) is 4.95. The number of halogens is 1. The lowest BCUT2D eigenvalue weighted by atomic mass is 10.1. The molecule has 0 unspecified atom stereocenters. The number of ether oxygens (including phenoxy) is 2. The van der Waals surface area contributed by atoms with Crippen molar-refractivity contribution in [3.63, 3.8) is 0 Å². The van der Waals surface area contributed by atoms with E-state index in [9.17, 15) is 14.0 Å². The van der Waals surface area contributed by atoms with Crippen LogP contribution in [-0.2, 0) is 16.0 Å². The fourth-order valence-corrected chi connectivity index (χ4v) is 3.34. The summed E-state index contributed by atoms with van der Waals surface area (Å²) in [6.07, 6.45) is -0.0151. The molecule has 0 spiro atoms. The normalized spacial score (nSPS) is 10.7. The van der Waals surface area contributed by atoms with Crippen molar-refractivity contribution in [2.45, 2.75) is 27.2 Å².